The monoisotopic (exact) mass is 482 g/mol. The molecule has 2 aliphatic heterocycles. The van der Waals surface area contributed by atoms with E-state index in [9.17, 15) is 9.90 Å². The van der Waals surface area contributed by atoms with E-state index in [1.165, 1.54) is 0 Å². The molecule has 6 nitrogen and oxygen atoms in total. The number of carbonyl (C=O) groups excluding carboxylic acids is 1. The van der Waals surface area contributed by atoms with Gasteiger partial charge in [0.05, 0.1) is 12.1 Å². The third kappa shape index (κ3) is 6.16. The summed E-state index contributed by atoms with van der Waals surface area (Å²) in [5, 5.41) is 17.2. The van der Waals surface area contributed by atoms with Crippen LogP contribution in [-0.2, 0) is 4.79 Å². The van der Waals surface area contributed by atoms with E-state index in [2.05, 4.69) is 15.6 Å². The van der Waals surface area contributed by atoms with E-state index in [4.69, 9.17) is 0 Å². The van der Waals surface area contributed by atoms with Gasteiger partial charge >= 0.3 is 0 Å². The number of amides is 1. The van der Waals surface area contributed by atoms with Crippen LogP contribution < -0.4 is 10.6 Å². The molecule has 3 aliphatic rings. The quantitative estimate of drug-likeness (QED) is 0.314. The largest absolute Gasteiger partial charge is 0.387 e. The van der Waals surface area contributed by atoms with Crippen LogP contribution in [0, 0.1) is 5.92 Å². The van der Waals surface area contributed by atoms with Crippen LogP contribution >= 0.6 is 35.7 Å². The van der Waals surface area contributed by atoms with Gasteiger partial charge in [-0.1, -0.05) is 0 Å². The summed E-state index contributed by atoms with van der Waals surface area (Å²) < 4.78 is 0. The first-order chi connectivity index (χ1) is 11.6. The van der Waals surface area contributed by atoms with Gasteiger partial charge in [-0.05, 0) is 44.8 Å². The third-order valence-corrected chi connectivity index (χ3v) is 6.27. The van der Waals surface area contributed by atoms with Gasteiger partial charge in [-0.3, -0.25) is 9.79 Å². The Hall–Kier alpha value is -0.220. The van der Waals surface area contributed by atoms with Crippen molar-refractivity contribution in [3.05, 3.63) is 0 Å². The van der Waals surface area contributed by atoms with E-state index < -0.39 is 5.60 Å². The van der Waals surface area contributed by atoms with E-state index in [-0.39, 0.29) is 24.0 Å². The number of aliphatic hydroxyl groups is 1. The van der Waals surface area contributed by atoms with Gasteiger partial charge in [-0.25, -0.2) is 0 Å². The van der Waals surface area contributed by atoms with Crippen LogP contribution in [0.1, 0.15) is 39.0 Å². The van der Waals surface area contributed by atoms with Crippen LogP contribution in [0.25, 0.3) is 0 Å². The van der Waals surface area contributed by atoms with Crippen LogP contribution in [0.4, 0.5) is 0 Å². The Morgan fingerprint density at radius 3 is 2.60 bits per heavy atom. The van der Waals surface area contributed by atoms with Crippen molar-refractivity contribution in [1.29, 1.82) is 0 Å². The Balaban J connectivity index is 0.00000225. The summed E-state index contributed by atoms with van der Waals surface area (Å²) in [5.74, 6) is 3.25. The Kier molecular flexibility index (Phi) is 8.13. The van der Waals surface area contributed by atoms with Crippen molar-refractivity contribution in [2.75, 3.05) is 37.7 Å². The highest BCUT2D eigenvalue weighted by Gasteiger charge is 2.35. The fourth-order valence-corrected chi connectivity index (χ4v) is 4.58. The first kappa shape index (κ1) is 21.1. The van der Waals surface area contributed by atoms with Crippen molar-refractivity contribution < 1.29 is 9.90 Å². The van der Waals surface area contributed by atoms with Crippen LogP contribution in [0.15, 0.2) is 4.99 Å². The van der Waals surface area contributed by atoms with Gasteiger partial charge in [0.2, 0.25) is 5.91 Å². The van der Waals surface area contributed by atoms with Crippen molar-refractivity contribution in [1.82, 2.24) is 15.5 Å². The predicted molar refractivity (Wildman–Crippen MR) is 114 cm³/mol. The van der Waals surface area contributed by atoms with Crippen molar-refractivity contribution in [2.45, 2.75) is 50.7 Å². The number of halogens is 1. The lowest BCUT2D eigenvalue weighted by Gasteiger charge is -2.33. The predicted octanol–water partition coefficient (Wildman–Crippen LogP) is 1.43. The maximum atomic E-state index is 12.1. The summed E-state index contributed by atoms with van der Waals surface area (Å²) in [5.41, 5.74) is -0.646. The second kappa shape index (κ2) is 9.64. The SMILES string of the molecule is CCNC(=NCC1(O)CCSC1)NC1CCN(C(=O)C2CC2)CC1.I. The summed E-state index contributed by atoms with van der Waals surface area (Å²) in [7, 11) is 0. The first-order valence-electron chi connectivity index (χ1n) is 9.23. The fraction of sp³-hybridized carbons (Fsp3) is 0.882. The lowest BCUT2D eigenvalue weighted by molar-refractivity contribution is -0.133. The number of likely N-dealkylation sites (tertiary alicyclic amines) is 1. The minimum Gasteiger partial charge on any atom is -0.387 e. The molecule has 2 heterocycles. The summed E-state index contributed by atoms with van der Waals surface area (Å²) in [6, 6.07) is 0.346. The average Bonchev–Trinajstić information content (AvgIpc) is 3.35. The van der Waals surface area contributed by atoms with E-state index >= 15 is 0 Å². The molecule has 3 rings (SSSR count). The molecule has 0 radical (unpaired) electrons. The number of piperidine rings is 1. The van der Waals surface area contributed by atoms with Crippen LogP contribution in [0.2, 0.25) is 0 Å². The number of aliphatic imine (C=N–C) groups is 1. The lowest BCUT2D eigenvalue weighted by atomic mass is 10.0. The molecule has 0 aromatic carbocycles. The number of carbonyl (C=O) groups is 1. The van der Waals surface area contributed by atoms with Gasteiger partial charge < -0.3 is 20.6 Å². The highest BCUT2D eigenvalue weighted by atomic mass is 127. The van der Waals surface area contributed by atoms with E-state index in [0.717, 1.165) is 69.2 Å². The molecule has 1 amide bonds. The molecule has 1 atom stereocenters. The molecule has 1 unspecified atom stereocenters. The van der Waals surface area contributed by atoms with Crippen LogP contribution in [0.3, 0.4) is 0 Å². The summed E-state index contributed by atoms with van der Waals surface area (Å²) in [6.07, 6.45) is 4.90. The number of nitrogens with zero attached hydrogens (tertiary/aromatic N) is 2. The fourth-order valence-electron chi connectivity index (χ4n) is 3.29. The molecule has 0 spiro atoms. The molecule has 3 N–H and O–H groups in total. The van der Waals surface area contributed by atoms with Crippen molar-refractivity contribution >= 4 is 47.6 Å². The Labute approximate surface area is 172 Å². The average molecular weight is 482 g/mol. The zero-order valence-corrected chi connectivity index (χ0v) is 18.1. The smallest absolute Gasteiger partial charge is 0.225 e. The van der Waals surface area contributed by atoms with E-state index in [1.807, 2.05) is 11.8 Å². The molecule has 1 aliphatic carbocycles. The minimum atomic E-state index is -0.646. The number of thioether (sulfide) groups is 1. The van der Waals surface area contributed by atoms with Crippen molar-refractivity contribution in [2.24, 2.45) is 10.9 Å². The van der Waals surface area contributed by atoms with Gasteiger partial charge in [0.25, 0.3) is 0 Å². The molecule has 0 bridgehead atoms. The first-order valence-corrected chi connectivity index (χ1v) is 10.4. The van der Waals surface area contributed by atoms with Gasteiger partial charge in [0.1, 0.15) is 0 Å². The van der Waals surface area contributed by atoms with Gasteiger partial charge in [-0.15, -0.1) is 24.0 Å². The number of rotatable bonds is 5. The molecular formula is C17H31IN4O2S. The summed E-state index contributed by atoms with van der Waals surface area (Å²) in [4.78, 5) is 18.7. The highest BCUT2D eigenvalue weighted by molar-refractivity contribution is 14.0. The highest BCUT2D eigenvalue weighted by Crippen LogP contribution is 2.32. The molecule has 0 aromatic rings. The maximum absolute atomic E-state index is 12.1. The standard InChI is InChI=1S/C17H30N4O2S.HI/c1-2-18-16(19-11-17(23)7-10-24-12-17)20-14-5-8-21(9-6-14)15(22)13-3-4-13;/h13-14,23H,2-12H2,1H3,(H2,18,19,20);1H. The zero-order valence-electron chi connectivity index (χ0n) is 15.0. The van der Waals surface area contributed by atoms with Crippen LogP contribution in [-0.4, -0.2) is 71.2 Å². The number of hydrogen-bond acceptors (Lipinski definition) is 4. The van der Waals surface area contributed by atoms with E-state index in [1.54, 1.807) is 11.8 Å². The van der Waals surface area contributed by atoms with Gasteiger partial charge in [-0.2, -0.15) is 11.8 Å². The molecule has 0 aromatic heterocycles. The number of nitrogens with one attached hydrogen (secondary N) is 2. The molecule has 8 heteroatoms. The summed E-state index contributed by atoms with van der Waals surface area (Å²) >= 11 is 1.79. The third-order valence-electron chi connectivity index (χ3n) is 5.03. The number of guanidine groups is 1. The molecule has 3 fully saturated rings. The summed E-state index contributed by atoms with van der Waals surface area (Å²) in [6.45, 7) is 4.99. The van der Waals surface area contributed by atoms with Crippen molar-refractivity contribution in [3.8, 4) is 0 Å². The normalized spacial score (nSPS) is 27.8. The topological polar surface area (TPSA) is 77.0 Å². The molecule has 2 saturated heterocycles. The minimum absolute atomic E-state index is 0. The Bertz CT molecular complexity index is 473. The van der Waals surface area contributed by atoms with Gasteiger partial charge in [0.15, 0.2) is 5.96 Å². The lowest BCUT2D eigenvalue weighted by Crippen LogP contribution is -2.50. The Morgan fingerprint density at radius 1 is 1.32 bits per heavy atom. The van der Waals surface area contributed by atoms with Crippen LogP contribution in [0.5, 0.6) is 0 Å². The second-order valence-corrected chi connectivity index (χ2v) is 8.35. The number of hydrogen-bond donors (Lipinski definition) is 3. The van der Waals surface area contributed by atoms with Gasteiger partial charge in [0, 0.05) is 37.3 Å². The second-order valence-electron chi connectivity index (χ2n) is 7.24. The molecule has 1 saturated carbocycles. The molecule has 25 heavy (non-hydrogen) atoms. The van der Waals surface area contributed by atoms with Crippen molar-refractivity contribution in [3.63, 3.8) is 0 Å². The van der Waals surface area contributed by atoms with E-state index in [0.29, 0.717) is 24.4 Å². The zero-order chi connectivity index (χ0) is 17.0. The Morgan fingerprint density at radius 2 is 2.04 bits per heavy atom. The molecule has 144 valence electrons. The maximum Gasteiger partial charge on any atom is 0.225 e. The molecular weight excluding hydrogens is 451 g/mol.